The van der Waals surface area contributed by atoms with Gasteiger partial charge in [-0.2, -0.15) is 0 Å². The van der Waals surface area contributed by atoms with Gasteiger partial charge in [0.15, 0.2) is 0 Å². The quantitative estimate of drug-likeness (QED) is 0.636. The molecule has 0 amide bonds. The van der Waals surface area contributed by atoms with Crippen LogP contribution >= 0.6 is 11.3 Å². The number of hydrogen-bond acceptors (Lipinski definition) is 3. The van der Waals surface area contributed by atoms with E-state index in [1.54, 1.807) is 0 Å². The summed E-state index contributed by atoms with van der Waals surface area (Å²) in [5.41, 5.74) is 0. The van der Waals surface area contributed by atoms with Gasteiger partial charge in [-0.05, 0) is 37.0 Å². The Labute approximate surface area is 145 Å². The molecule has 22 heavy (non-hydrogen) atoms. The first-order chi connectivity index (χ1) is 13.6. The van der Waals surface area contributed by atoms with Gasteiger partial charge in [-0.3, -0.25) is 0 Å². The van der Waals surface area contributed by atoms with Crippen molar-refractivity contribution in [3.63, 3.8) is 0 Å². The topological polar surface area (TPSA) is 12.5 Å². The first-order valence-corrected chi connectivity index (χ1v) is 7.87. The Balaban J connectivity index is 2.25. The molecule has 0 spiro atoms. The summed E-state index contributed by atoms with van der Waals surface area (Å²) in [6.45, 7) is 0.704. The molecular weight excluding hydrogens is 290 g/mol. The molecular formula is C19H21NOS. The van der Waals surface area contributed by atoms with Crippen LogP contribution in [0.3, 0.4) is 0 Å². The molecule has 0 saturated carbocycles. The summed E-state index contributed by atoms with van der Waals surface area (Å²) in [5.74, 6) is -0.0786. The number of benzene rings is 2. The summed E-state index contributed by atoms with van der Waals surface area (Å²) < 4.78 is 63.2. The molecule has 114 valence electrons. The number of hydrogen-bond donors (Lipinski definition) is 0. The molecule has 3 aromatic rings. The van der Waals surface area contributed by atoms with Crippen molar-refractivity contribution in [2.75, 3.05) is 20.6 Å². The van der Waals surface area contributed by atoms with Crippen LogP contribution in [0, 0.1) is 0 Å². The largest absolute Gasteiger partial charge is 0.484 e. The first kappa shape index (κ1) is 8.70. The van der Waals surface area contributed by atoms with Gasteiger partial charge in [0.1, 0.15) is 11.9 Å². The highest BCUT2D eigenvalue weighted by Gasteiger charge is 2.16. The van der Waals surface area contributed by atoms with E-state index in [-0.39, 0.29) is 28.6 Å². The molecule has 0 bridgehead atoms. The van der Waals surface area contributed by atoms with E-state index in [0.29, 0.717) is 13.0 Å². The number of fused-ring (bicyclic) bond motifs is 1. The van der Waals surface area contributed by atoms with Crippen molar-refractivity contribution in [3.8, 4) is 5.75 Å². The fraction of sp³-hybridized carbons (Fsp3) is 0.263. The lowest BCUT2D eigenvalue weighted by Gasteiger charge is -2.21. The Morgan fingerprint density at radius 1 is 1.18 bits per heavy atom. The standard InChI is InChI=1S/C19H21NOS/c1-20(2)13-12-18(19-11-6-14-22-19)21-17-10-5-8-15-7-3-4-9-16(15)17/h3-11,14,18H,12-13H2,1-2H3/i3D,4D,5D,7D,8D,9D,10D. The van der Waals surface area contributed by atoms with Crippen LogP contribution in [0.25, 0.3) is 10.8 Å². The smallest absolute Gasteiger partial charge is 0.134 e. The highest BCUT2D eigenvalue weighted by atomic mass is 32.1. The van der Waals surface area contributed by atoms with Crippen LogP contribution in [0.2, 0.25) is 0 Å². The molecule has 0 N–H and O–H groups in total. The van der Waals surface area contributed by atoms with Crippen LogP contribution in [0.4, 0.5) is 0 Å². The molecule has 0 saturated heterocycles. The molecule has 0 aliphatic carbocycles. The molecule has 2 aromatic carbocycles. The zero-order valence-electron chi connectivity index (χ0n) is 19.5. The van der Waals surface area contributed by atoms with E-state index < -0.39 is 36.3 Å². The second kappa shape index (κ2) is 6.95. The Bertz CT molecular complexity index is 1050. The van der Waals surface area contributed by atoms with Crippen LogP contribution in [-0.2, 0) is 0 Å². The second-order valence-electron chi connectivity index (χ2n) is 5.17. The van der Waals surface area contributed by atoms with Crippen molar-refractivity contribution >= 4 is 22.1 Å². The fourth-order valence-corrected chi connectivity index (χ4v) is 2.92. The number of rotatable bonds is 6. The van der Waals surface area contributed by atoms with Crippen LogP contribution in [0.1, 0.15) is 27.0 Å². The monoisotopic (exact) mass is 318 g/mol. The third kappa shape index (κ3) is 3.49. The van der Waals surface area contributed by atoms with Crippen LogP contribution in [-0.4, -0.2) is 25.5 Å². The minimum atomic E-state index is -0.471. The molecule has 0 fully saturated rings. The van der Waals surface area contributed by atoms with E-state index in [0.717, 1.165) is 4.88 Å². The lowest BCUT2D eigenvalue weighted by Crippen LogP contribution is -2.18. The summed E-state index contributed by atoms with van der Waals surface area (Å²) in [5, 5.41) is 1.80. The minimum absolute atomic E-state index is 0.0200. The van der Waals surface area contributed by atoms with Crippen molar-refractivity contribution in [3.05, 3.63) is 64.7 Å². The normalized spacial score (nSPS) is 17.1. The molecule has 0 aliphatic rings. The maximum Gasteiger partial charge on any atom is 0.134 e. The average molecular weight is 318 g/mol. The van der Waals surface area contributed by atoms with Gasteiger partial charge in [-0.25, -0.2) is 0 Å². The predicted molar refractivity (Wildman–Crippen MR) is 94.8 cm³/mol. The van der Waals surface area contributed by atoms with Crippen molar-refractivity contribution in [2.24, 2.45) is 0 Å². The highest BCUT2D eigenvalue weighted by Crippen LogP contribution is 2.32. The van der Waals surface area contributed by atoms with Gasteiger partial charge < -0.3 is 9.64 Å². The maximum absolute atomic E-state index is 8.35. The molecule has 1 atom stereocenters. The zero-order chi connectivity index (χ0) is 21.5. The average Bonchev–Trinajstić information content (AvgIpc) is 3.21. The summed E-state index contributed by atoms with van der Waals surface area (Å²) in [7, 11) is 3.87. The van der Waals surface area contributed by atoms with E-state index in [1.807, 2.05) is 36.5 Å². The van der Waals surface area contributed by atoms with Gasteiger partial charge in [0.2, 0.25) is 0 Å². The maximum atomic E-state index is 8.35. The third-order valence-electron chi connectivity index (χ3n) is 3.24. The van der Waals surface area contributed by atoms with Crippen molar-refractivity contribution in [2.45, 2.75) is 12.5 Å². The molecule has 1 unspecified atom stereocenters. The molecule has 3 rings (SSSR count). The summed E-state index contributed by atoms with van der Waals surface area (Å²) >= 11 is 1.49. The highest BCUT2D eigenvalue weighted by molar-refractivity contribution is 7.10. The van der Waals surface area contributed by atoms with E-state index in [4.69, 9.17) is 14.3 Å². The molecule has 0 aliphatic heterocycles. The Kier molecular flexibility index (Phi) is 2.75. The number of nitrogens with zero attached hydrogens (tertiary/aromatic N) is 1. The third-order valence-corrected chi connectivity index (χ3v) is 4.20. The predicted octanol–water partition coefficient (Wildman–Crippen LogP) is 4.97. The molecule has 0 radical (unpaired) electrons. The van der Waals surface area contributed by atoms with Crippen molar-refractivity contribution in [1.29, 1.82) is 0 Å². The van der Waals surface area contributed by atoms with E-state index >= 15 is 0 Å². The Morgan fingerprint density at radius 3 is 2.77 bits per heavy atom. The van der Waals surface area contributed by atoms with E-state index in [1.165, 1.54) is 11.3 Å². The van der Waals surface area contributed by atoms with Gasteiger partial charge in [0.05, 0.1) is 9.60 Å². The van der Waals surface area contributed by atoms with Gasteiger partial charge in [-0.1, -0.05) is 42.3 Å². The fourth-order valence-electron chi connectivity index (χ4n) is 2.13. The lowest BCUT2D eigenvalue weighted by molar-refractivity contribution is 0.185. The van der Waals surface area contributed by atoms with Gasteiger partial charge in [-0.15, -0.1) is 11.3 Å². The molecule has 1 heterocycles. The van der Waals surface area contributed by atoms with Crippen molar-refractivity contribution in [1.82, 2.24) is 4.90 Å². The lowest BCUT2D eigenvalue weighted by atomic mass is 10.1. The van der Waals surface area contributed by atoms with Crippen LogP contribution in [0.5, 0.6) is 5.75 Å². The minimum Gasteiger partial charge on any atom is -0.484 e. The van der Waals surface area contributed by atoms with Crippen molar-refractivity contribution < 1.29 is 14.3 Å². The molecule has 3 heteroatoms. The van der Waals surface area contributed by atoms with Gasteiger partial charge in [0, 0.05) is 23.2 Å². The Morgan fingerprint density at radius 2 is 2.00 bits per heavy atom. The summed E-state index contributed by atoms with van der Waals surface area (Å²) in [6.07, 6.45) is 0.148. The van der Waals surface area contributed by atoms with E-state index in [2.05, 4.69) is 0 Å². The SMILES string of the molecule is [2H]c1c([2H])c([2H])c2c(OC(CCN(C)C)c3cccs3)c([2H])c([2H])c([2H])c2c1[2H]. The Hall–Kier alpha value is -1.84. The summed E-state index contributed by atoms with van der Waals surface area (Å²) in [6, 6.07) is 0.944. The van der Waals surface area contributed by atoms with Crippen LogP contribution < -0.4 is 4.74 Å². The zero-order valence-corrected chi connectivity index (χ0v) is 13.3. The second-order valence-corrected chi connectivity index (χ2v) is 6.15. The van der Waals surface area contributed by atoms with E-state index in [9.17, 15) is 0 Å². The number of thiophene rings is 1. The van der Waals surface area contributed by atoms with Gasteiger partial charge >= 0.3 is 0 Å². The number of ether oxygens (including phenoxy) is 1. The molecule has 2 nitrogen and oxygen atoms in total. The first-order valence-electron chi connectivity index (χ1n) is 10.5. The summed E-state index contributed by atoms with van der Waals surface area (Å²) in [4.78, 5) is 2.92. The van der Waals surface area contributed by atoms with Gasteiger partial charge in [0.25, 0.3) is 0 Å². The van der Waals surface area contributed by atoms with Crippen LogP contribution in [0.15, 0.2) is 59.8 Å². The molecule has 1 aromatic heterocycles.